The van der Waals surface area contributed by atoms with E-state index in [1.807, 2.05) is 18.2 Å². The summed E-state index contributed by atoms with van der Waals surface area (Å²) in [5.74, 6) is 0.0595. The van der Waals surface area contributed by atoms with Crippen LogP contribution >= 0.6 is 0 Å². The molecular weight excluding hydrogens is 346 g/mol. The second-order valence-corrected chi connectivity index (χ2v) is 5.85. The molecule has 2 aromatic rings. The largest absolute Gasteiger partial charge is 0.484 e. The Labute approximate surface area is 158 Å². The molecule has 7 heteroatoms. The van der Waals surface area contributed by atoms with Gasteiger partial charge in [-0.15, -0.1) is 0 Å². The minimum absolute atomic E-state index is 0.0878. The summed E-state index contributed by atoms with van der Waals surface area (Å²) in [6.45, 7) is 3.42. The third-order valence-electron chi connectivity index (χ3n) is 3.65. The normalized spacial score (nSPS) is 10.0. The van der Waals surface area contributed by atoms with Crippen molar-refractivity contribution < 1.29 is 19.1 Å². The van der Waals surface area contributed by atoms with Crippen LogP contribution in [0.4, 0.5) is 11.4 Å². The SMILES string of the molecule is CC(=O)Nc1ccc(N(CCNC(=O)COc2ccccc2)C(C)=O)cc1. The third kappa shape index (κ3) is 6.81. The zero-order valence-electron chi connectivity index (χ0n) is 15.4. The zero-order valence-corrected chi connectivity index (χ0v) is 15.4. The molecule has 2 aromatic carbocycles. The summed E-state index contributed by atoms with van der Waals surface area (Å²) in [6.07, 6.45) is 0. The lowest BCUT2D eigenvalue weighted by molar-refractivity contribution is -0.123. The highest BCUT2D eigenvalue weighted by Gasteiger charge is 2.12. The van der Waals surface area contributed by atoms with Crippen LogP contribution in [-0.2, 0) is 14.4 Å². The Morgan fingerprint density at radius 1 is 0.963 bits per heavy atom. The van der Waals surface area contributed by atoms with E-state index in [4.69, 9.17) is 4.74 Å². The number of hydrogen-bond acceptors (Lipinski definition) is 4. The Balaban J connectivity index is 1.82. The summed E-state index contributed by atoms with van der Waals surface area (Å²) in [7, 11) is 0. The molecule has 0 atom stereocenters. The van der Waals surface area contributed by atoms with E-state index in [2.05, 4.69) is 10.6 Å². The molecule has 0 spiro atoms. The molecule has 0 heterocycles. The van der Waals surface area contributed by atoms with Crippen molar-refractivity contribution in [1.29, 1.82) is 0 Å². The van der Waals surface area contributed by atoms with Gasteiger partial charge in [-0.3, -0.25) is 14.4 Å². The number of para-hydroxylation sites is 1. The van der Waals surface area contributed by atoms with Crippen LogP contribution in [-0.4, -0.2) is 37.4 Å². The topological polar surface area (TPSA) is 87.7 Å². The van der Waals surface area contributed by atoms with E-state index in [0.29, 0.717) is 30.2 Å². The molecule has 0 radical (unpaired) electrons. The van der Waals surface area contributed by atoms with Crippen LogP contribution in [0.3, 0.4) is 0 Å². The Bertz CT molecular complexity index is 776. The lowest BCUT2D eigenvalue weighted by Gasteiger charge is -2.21. The monoisotopic (exact) mass is 369 g/mol. The van der Waals surface area contributed by atoms with Crippen LogP contribution in [0.5, 0.6) is 5.75 Å². The number of hydrogen-bond donors (Lipinski definition) is 2. The first-order chi connectivity index (χ1) is 13.0. The lowest BCUT2D eigenvalue weighted by atomic mass is 10.2. The van der Waals surface area contributed by atoms with Crippen molar-refractivity contribution in [2.75, 3.05) is 29.9 Å². The van der Waals surface area contributed by atoms with E-state index in [1.54, 1.807) is 41.3 Å². The smallest absolute Gasteiger partial charge is 0.258 e. The molecule has 0 saturated carbocycles. The van der Waals surface area contributed by atoms with Crippen molar-refractivity contribution in [3.63, 3.8) is 0 Å². The summed E-state index contributed by atoms with van der Waals surface area (Å²) < 4.78 is 5.38. The molecule has 0 aromatic heterocycles. The van der Waals surface area contributed by atoms with Crippen molar-refractivity contribution >= 4 is 29.1 Å². The molecule has 7 nitrogen and oxygen atoms in total. The average molecular weight is 369 g/mol. The van der Waals surface area contributed by atoms with Gasteiger partial charge in [-0.1, -0.05) is 18.2 Å². The molecule has 0 aliphatic rings. The van der Waals surface area contributed by atoms with Crippen LogP contribution in [0.15, 0.2) is 54.6 Å². The van der Waals surface area contributed by atoms with E-state index >= 15 is 0 Å². The average Bonchev–Trinajstić information content (AvgIpc) is 2.64. The van der Waals surface area contributed by atoms with Crippen molar-refractivity contribution in [1.82, 2.24) is 5.32 Å². The molecule has 0 bridgehead atoms. The minimum Gasteiger partial charge on any atom is -0.484 e. The molecule has 2 rings (SSSR count). The Kier molecular flexibility index (Phi) is 7.37. The predicted molar refractivity (Wildman–Crippen MR) is 104 cm³/mol. The van der Waals surface area contributed by atoms with E-state index in [0.717, 1.165) is 0 Å². The molecule has 0 unspecified atom stereocenters. The fourth-order valence-electron chi connectivity index (χ4n) is 2.42. The van der Waals surface area contributed by atoms with Crippen molar-refractivity contribution in [3.05, 3.63) is 54.6 Å². The van der Waals surface area contributed by atoms with E-state index in [-0.39, 0.29) is 24.3 Å². The van der Waals surface area contributed by atoms with Gasteiger partial charge >= 0.3 is 0 Å². The standard InChI is InChI=1S/C20H23N3O4/c1-15(24)22-17-8-10-18(11-9-17)23(16(2)25)13-12-21-20(26)14-27-19-6-4-3-5-7-19/h3-11H,12-14H2,1-2H3,(H,21,26)(H,22,24). The number of benzene rings is 2. The Morgan fingerprint density at radius 3 is 2.22 bits per heavy atom. The highest BCUT2D eigenvalue weighted by atomic mass is 16.5. The summed E-state index contributed by atoms with van der Waals surface area (Å²) in [6, 6.07) is 16.0. The van der Waals surface area contributed by atoms with Gasteiger partial charge in [0.05, 0.1) is 0 Å². The van der Waals surface area contributed by atoms with Crippen molar-refractivity contribution in [2.24, 2.45) is 0 Å². The molecular formula is C20H23N3O4. The van der Waals surface area contributed by atoms with Gasteiger partial charge in [0.1, 0.15) is 5.75 Å². The highest BCUT2D eigenvalue weighted by molar-refractivity contribution is 5.93. The van der Waals surface area contributed by atoms with Crippen LogP contribution < -0.4 is 20.3 Å². The fraction of sp³-hybridized carbons (Fsp3) is 0.250. The summed E-state index contributed by atoms with van der Waals surface area (Å²) in [5.41, 5.74) is 1.34. The molecule has 3 amide bonds. The van der Waals surface area contributed by atoms with Gasteiger partial charge in [0.15, 0.2) is 6.61 Å². The van der Waals surface area contributed by atoms with Gasteiger partial charge in [-0.05, 0) is 36.4 Å². The maximum absolute atomic E-state index is 11.9. The number of anilines is 2. The molecule has 0 fully saturated rings. The van der Waals surface area contributed by atoms with Gasteiger partial charge in [0, 0.05) is 38.3 Å². The molecule has 0 saturated heterocycles. The molecule has 27 heavy (non-hydrogen) atoms. The lowest BCUT2D eigenvalue weighted by Crippen LogP contribution is -2.39. The molecule has 0 aliphatic heterocycles. The summed E-state index contributed by atoms with van der Waals surface area (Å²) in [4.78, 5) is 36.4. The quantitative estimate of drug-likeness (QED) is 0.747. The summed E-state index contributed by atoms with van der Waals surface area (Å²) in [5, 5.41) is 5.40. The number of ether oxygens (including phenoxy) is 1. The first kappa shape index (κ1) is 20.0. The summed E-state index contributed by atoms with van der Waals surface area (Å²) >= 11 is 0. The van der Waals surface area contributed by atoms with E-state index in [9.17, 15) is 14.4 Å². The second-order valence-electron chi connectivity index (χ2n) is 5.85. The number of carbonyl (C=O) groups is 3. The van der Waals surface area contributed by atoms with Gasteiger partial charge in [0.25, 0.3) is 5.91 Å². The van der Waals surface area contributed by atoms with Gasteiger partial charge in [-0.25, -0.2) is 0 Å². The number of amides is 3. The van der Waals surface area contributed by atoms with Crippen LogP contribution in [0, 0.1) is 0 Å². The van der Waals surface area contributed by atoms with Crippen molar-refractivity contribution in [2.45, 2.75) is 13.8 Å². The van der Waals surface area contributed by atoms with Gasteiger partial charge in [-0.2, -0.15) is 0 Å². The van der Waals surface area contributed by atoms with E-state index in [1.165, 1.54) is 13.8 Å². The fourth-order valence-corrected chi connectivity index (χ4v) is 2.42. The number of nitrogens with zero attached hydrogens (tertiary/aromatic N) is 1. The maximum Gasteiger partial charge on any atom is 0.258 e. The van der Waals surface area contributed by atoms with E-state index < -0.39 is 0 Å². The van der Waals surface area contributed by atoms with Gasteiger partial charge in [0.2, 0.25) is 11.8 Å². The zero-order chi connectivity index (χ0) is 19.6. The number of rotatable bonds is 8. The second kappa shape index (κ2) is 9.96. The Hall–Kier alpha value is -3.35. The Morgan fingerprint density at radius 2 is 1.63 bits per heavy atom. The van der Waals surface area contributed by atoms with Crippen LogP contribution in [0.2, 0.25) is 0 Å². The number of carbonyl (C=O) groups excluding carboxylic acids is 3. The predicted octanol–water partition coefficient (Wildman–Crippen LogP) is 2.19. The molecule has 2 N–H and O–H groups in total. The van der Waals surface area contributed by atoms with Crippen LogP contribution in [0.1, 0.15) is 13.8 Å². The first-order valence-electron chi connectivity index (χ1n) is 8.56. The highest BCUT2D eigenvalue weighted by Crippen LogP contribution is 2.18. The first-order valence-corrected chi connectivity index (χ1v) is 8.56. The molecule has 0 aliphatic carbocycles. The number of nitrogens with one attached hydrogen (secondary N) is 2. The van der Waals surface area contributed by atoms with Gasteiger partial charge < -0.3 is 20.3 Å². The van der Waals surface area contributed by atoms with Crippen LogP contribution in [0.25, 0.3) is 0 Å². The molecule has 142 valence electrons. The van der Waals surface area contributed by atoms with Crippen molar-refractivity contribution in [3.8, 4) is 5.75 Å². The third-order valence-corrected chi connectivity index (χ3v) is 3.65. The maximum atomic E-state index is 11.9. The minimum atomic E-state index is -0.261.